The van der Waals surface area contributed by atoms with Crippen molar-refractivity contribution >= 4 is 52.6 Å². The Bertz CT molecular complexity index is 1120. The van der Waals surface area contributed by atoms with Gasteiger partial charge in [0.2, 0.25) is 0 Å². The molecule has 0 radical (unpaired) electrons. The van der Waals surface area contributed by atoms with Crippen molar-refractivity contribution in [3.05, 3.63) is 81.2 Å². The molecule has 0 aliphatic rings. The Hall–Kier alpha value is -3.09. The van der Waals surface area contributed by atoms with Gasteiger partial charge < -0.3 is 15.1 Å². The van der Waals surface area contributed by atoms with Gasteiger partial charge in [0.15, 0.2) is 0 Å². The van der Waals surface area contributed by atoms with E-state index in [1.165, 1.54) is 17.7 Å². The van der Waals surface area contributed by atoms with Crippen LogP contribution in [0.1, 0.15) is 22.6 Å². The summed E-state index contributed by atoms with van der Waals surface area (Å²) in [4.78, 5) is 28.4. The van der Waals surface area contributed by atoms with Gasteiger partial charge in [-0.2, -0.15) is 0 Å². The number of aliphatic imine (C=N–C) groups is 1. The first kappa shape index (κ1) is 21.6. The Balaban J connectivity index is 1.53. The number of nitrogens with zero attached hydrogens (tertiary/aromatic N) is 1. The minimum Gasteiger partial charge on any atom is -0.458 e. The summed E-state index contributed by atoms with van der Waals surface area (Å²) in [5.74, 6) is -0.593. The largest absolute Gasteiger partial charge is 0.458 e. The van der Waals surface area contributed by atoms with Crippen molar-refractivity contribution < 1.29 is 14.0 Å². The summed E-state index contributed by atoms with van der Waals surface area (Å²) in [5, 5.41) is 5.58. The number of carbonyl (C=O) groups is 2. The Morgan fingerprint density at radius 1 is 0.967 bits per heavy atom. The molecular weight excluding hydrogens is 425 g/mol. The van der Waals surface area contributed by atoms with Crippen molar-refractivity contribution in [3.63, 3.8) is 0 Å². The molecule has 1 aromatic heterocycles. The van der Waals surface area contributed by atoms with Crippen LogP contribution < -0.4 is 10.6 Å². The first-order valence-electron chi connectivity index (χ1n) is 9.06. The van der Waals surface area contributed by atoms with Gasteiger partial charge in [0.25, 0.3) is 0 Å². The quantitative estimate of drug-likeness (QED) is 0.419. The van der Waals surface area contributed by atoms with Crippen LogP contribution in [-0.2, 0) is 16.1 Å². The van der Waals surface area contributed by atoms with Crippen molar-refractivity contribution in [1.29, 1.82) is 0 Å². The van der Waals surface area contributed by atoms with Crippen LogP contribution in [0.2, 0.25) is 10.0 Å². The van der Waals surface area contributed by atoms with Gasteiger partial charge in [0.1, 0.15) is 11.5 Å². The smallest absolute Gasteiger partial charge is 0.313 e. The Morgan fingerprint density at radius 2 is 1.77 bits per heavy atom. The van der Waals surface area contributed by atoms with E-state index in [4.69, 9.17) is 27.6 Å². The Morgan fingerprint density at radius 3 is 2.50 bits per heavy atom. The van der Waals surface area contributed by atoms with Crippen LogP contribution in [0.25, 0.3) is 0 Å². The standard InChI is InChI=1S/C22H19Cl2N3O3/c1-13-3-4-15(9-14(13)2)25-11-17-6-7-18(30-17)12-26-21(28)22(29)27-16-5-8-19(23)20(24)10-16/h3-11H,12H2,1-2H3,(H,26,28)(H,27,29). The number of nitrogens with one attached hydrogen (secondary N) is 2. The Labute approximate surface area is 183 Å². The summed E-state index contributed by atoms with van der Waals surface area (Å²) in [6, 6.07) is 13.9. The van der Waals surface area contributed by atoms with Gasteiger partial charge in [-0.05, 0) is 67.4 Å². The number of carbonyl (C=O) groups excluding carboxylic acids is 2. The van der Waals surface area contributed by atoms with Crippen LogP contribution in [0, 0.1) is 13.8 Å². The molecule has 2 aromatic carbocycles. The predicted molar refractivity (Wildman–Crippen MR) is 119 cm³/mol. The molecule has 154 valence electrons. The van der Waals surface area contributed by atoms with E-state index >= 15 is 0 Å². The van der Waals surface area contributed by atoms with Gasteiger partial charge in [-0.25, -0.2) is 0 Å². The van der Waals surface area contributed by atoms with E-state index in [1.807, 2.05) is 32.0 Å². The van der Waals surface area contributed by atoms with E-state index in [1.54, 1.807) is 24.4 Å². The van der Waals surface area contributed by atoms with Crippen molar-refractivity contribution in [2.24, 2.45) is 4.99 Å². The maximum atomic E-state index is 12.0. The number of hydrogen-bond donors (Lipinski definition) is 2. The molecule has 2 N–H and O–H groups in total. The maximum absolute atomic E-state index is 12.0. The molecule has 8 heteroatoms. The molecule has 0 saturated carbocycles. The summed E-state index contributed by atoms with van der Waals surface area (Å²) >= 11 is 11.7. The van der Waals surface area contributed by atoms with Gasteiger partial charge in [-0.15, -0.1) is 0 Å². The number of hydrogen-bond acceptors (Lipinski definition) is 4. The molecule has 0 fully saturated rings. The minimum absolute atomic E-state index is 0.0606. The third kappa shape index (κ3) is 5.72. The highest BCUT2D eigenvalue weighted by Crippen LogP contribution is 2.25. The van der Waals surface area contributed by atoms with Crippen LogP contribution in [0.3, 0.4) is 0 Å². The number of halogens is 2. The zero-order valence-electron chi connectivity index (χ0n) is 16.3. The van der Waals surface area contributed by atoms with Gasteiger partial charge >= 0.3 is 11.8 Å². The molecule has 0 saturated heterocycles. The molecule has 2 amide bonds. The molecule has 0 bridgehead atoms. The van der Waals surface area contributed by atoms with Crippen molar-refractivity contribution in [3.8, 4) is 0 Å². The predicted octanol–water partition coefficient (Wildman–Crippen LogP) is 5.21. The fourth-order valence-electron chi connectivity index (χ4n) is 2.51. The van der Waals surface area contributed by atoms with Crippen LogP contribution in [-0.4, -0.2) is 18.0 Å². The van der Waals surface area contributed by atoms with Crippen LogP contribution >= 0.6 is 23.2 Å². The summed E-state index contributed by atoms with van der Waals surface area (Å²) in [5.41, 5.74) is 3.55. The van der Waals surface area contributed by atoms with Gasteiger partial charge in [0.05, 0.1) is 28.5 Å². The molecule has 3 aromatic rings. The highest BCUT2D eigenvalue weighted by Gasteiger charge is 2.14. The van der Waals surface area contributed by atoms with Gasteiger partial charge in [0, 0.05) is 5.69 Å². The molecule has 0 aliphatic heterocycles. The monoisotopic (exact) mass is 443 g/mol. The van der Waals surface area contributed by atoms with Crippen molar-refractivity contribution in [2.45, 2.75) is 20.4 Å². The normalized spacial score (nSPS) is 10.9. The second-order valence-electron chi connectivity index (χ2n) is 6.60. The number of furan rings is 1. The molecule has 1 heterocycles. The van der Waals surface area contributed by atoms with Crippen LogP contribution in [0.15, 0.2) is 57.9 Å². The highest BCUT2D eigenvalue weighted by atomic mass is 35.5. The lowest BCUT2D eigenvalue weighted by atomic mass is 10.1. The lowest BCUT2D eigenvalue weighted by molar-refractivity contribution is -0.136. The molecule has 0 unspecified atom stereocenters. The van der Waals surface area contributed by atoms with E-state index in [0.29, 0.717) is 22.2 Å². The van der Waals surface area contributed by atoms with E-state index < -0.39 is 11.8 Å². The number of aryl methyl sites for hydroxylation is 2. The van der Waals surface area contributed by atoms with E-state index in [-0.39, 0.29) is 11.6 Å². The van der Waals surface area contributed by atoms with Crippen LogP contribution in [0.5, 0.6) is 0 Å². The molecule has 0 aliphatic carbocycles. The molecular formula is C22H19Cl2N3O3. The number of anilines is 1. The molecule has 3 rings (SSSR count). The lowest BCUT2D eigenvalue weighted by Crippen LogP contribution is -2.34. The Kier molecular flexibility index (Phi) is 6.92. The zero-order valence-corrected chi connectivity index (χ0v) is 17.8. The fourth-order valence-corrected chi connectivity index (χ4v) is 2.81. The topological polar surface area (TPSA) is 83.7 Å². The summed E-state index contributed by atoms with van der Waals surface area (Å²) < 4.78 is 5.61. The minimum atomic E-state index is -0.823. The molecule has 0 atom stereocenters. The lowest BCUT2D eigenvalue weighted by Gasteiger charge is -2.06. The average Bonchev–Trinajstić information content (AvgIpc) is 3.17. The second kappa shape index (κ2) is 9.61. The van der Waals surface area contributed by atoms with Gasteiger partial charge in [-0.3, -0.25) is 14.6 Å². The number of rotatable bonds is 5. The first-order chi connectivity index (χ1) is 14.3. The summed E-state index contributed by atoms with van der Waals surface area (Å²) in [6.45, 7) is 4.13. The van der Waals surface area contributed by atoms with Crippen molar-refractivity contribution in [1.82, 2.24) is 5.32 Å². The van der Waals surface area contributed by atoms with E-state index in [2.05, 4.69) is 15.6 Å². The third-order valence-corrected chi connectivity index (χ3v) is 5.06. The number of benzene rings is 2. The van der Waals surface area contributed by atoms with Gasteiger partial charge in [-0.1, -0.05) is 29.3 Å². The van der Waals surface area contributed by atoms with Crippen molar-refractivity contribution in [2.75, 3.05) is 5.32 Å². The third-order valence-electron chi connectivity index (χ3n) is 4.32. The zero-order chi connectivity index (χ0) is 21.7. The van der Waals surface area contributed by atoms with E-state index in [0.717, 1.165) is 11.3 Å². The van der Waals surface area contributed by atoms with E-state index in [9.17, 15) is 9.59 Å². The maximum Gasteiger partial charge on any atom is 0.313 e. The second-order valence-corrected chi connectivity index (χ2v) is 7.41. The highest BCUT2D eigenvalue weighted by molar-refractivity contribution is 6.42. The van der Waals surface area contributed by atoms with Crippen LogP contribution in [0.4, 0.5) is 11.4 Å². The summed E-state index contributed by atoms with van der Waals surface area (Å²) in [7, 11) is 0. The molecule has 0 spiro atoms. The SMILES string of the molecule is Cc1ccc(N=Cc2ccc(CNC(=O)C(=O)Nc3ccc(Cl)c(Cl)c3)o2)cc1C. The summed E-state index contributed by atoms with van der Waals surface area (Å²) in [6.07, 6.45) is 1.60. The number of amides is 2. The molecule has 30 heavy (non-hydrogen) atoms. The average molecular weight is 444 g/mol. The molecule has 6 nitrogen and oxygen atoms in total. The first-order valence-corrected chi connectivity index (χ1v) is 9.81. The fraction of sp³-hybridized carbons (Fsp3) is 0.136.